The molecule has 4 nitrogen and oxygen atoms in total. The normalized spacial score (nSPS) is 28.6. The number of ether oxygens (including phenoxy) is 1. The number of hydrogen-bond donors (Lipinski definition) is 1. The van der Waals surface area contributed by atoms with Gasteiger partial charge >= 0.3 is 0 Å². The van der Waals surface area contributed by atoms with Gasteiger partial charge in [0.1, 0.15) is 5.75 Å². The molecule has 0 aromatic carbocycles. The van der Waals surface area contributed by atoms with Gasteiger partial charge in [-0.05, 0) is 45.7 Å². The highest BCUT2D eigenvalue weighted by molar-refractivity contribution is 5.41. The van der Waals surface area contributed by atoms with Gasteiger partial charge in [0.05, 0.1) is 12.8 Å². The van der Waals surface area contributed by atoms with Crippen LogP contribution in [0.3, 0.4) is 0 Å². The van der Waals surface area contributed by atoms with E-state index in [9.17, 15) is 0 Å². The van der Waals surface area contributed by atoms with Crippen molar-refractivity contribution in [3.63, 3.8) is 0 Å². The fourth-order valence-electron chi connectivity index (χ4n) is 3.67. The van der Waals surface area contributed by atoms with Gasteiger partial charge in [-0.3, -0.25) is 4.98 Å². The third kappa shape index (κ3) is 2.54. The van der Waals surface area contributed by atoms with Crippen LogP contribution in [0.2, 0.25) is 0 Å². The Morgan fingerprint density at radius 3 is 2.70 bits per heavy atom. The molecule has 0 saturated carbocycles. The first-order valence-corrected chi connectivity index (χ1v) is 7.64. The highest BCUT2D eigenvalue weighted by Gasteiger charge is 2.33. The summed E-state index contributed by atoms with van der Waals surface area (Å²) in [5.41, 5.74) is 3.39. The largest absolute Gasteiger partial charge is 0.496 e. The molecule has 0 amide bonds. The second-order valence-electron chi connectivity index (χ2n) is 6.17. The molecular formula is C16H25N3O. The predicted molar refractivity (Wildman–Crippen MR) is 80.1 cm³/mol. The van der Waals surface area contributed by atoms with E-state index in [4.69, 9.17) is 4.74 Å². The lowest BCUT2D eigenvalue weighted by Crippen LogP contribution is -2.55. The molecular weight excluding hydrogens is 250 g/mol. The Hall–Kier alpha value is -1.13. The Kier molecular flexibility index (Phi) is 3.94. The van der Waals surface area contributed by atoms with E-state index in [-0.39, 0.29) is 0 Å². The summed E-state index contributed by atoms with van der Waals surface area (Å²) in [4.78, 5) is 7.15. The zero-order valence-corrected chi connectivity index (χ0v) is 12.8. The molecule has 3 aliphatic heterocycles. The Bertz CT molecular complexity index is 481. The van der Waals surface area contributed by atoms with Crippen molar-refractivity contribution in [2.75, 3.05) is 26.7 Å². The minimum Gasteiger partial charge on any atom is -0.496 e. The van der Waals surface area contributed by atoms with Gasteiger partial charge in [-0.15, -0.1) is 0 Å². The van der Waals surface area contributed by atoms with Crippen LogP contribution in [0.25, 0.3) is 0 Å². The van der Waals surface area contributed by atoms with E-state index in [1.165, 1.54) is 38.0 Å². The molecule has 1 aromatic rings. The summed E-state index contributed by atoms with van der Waals surface area (Å²) in [6, 6.07) is 0.631. The molecule has 1 atom stereocenters. The molecule has 20 heavy (non-hydrogen) atoms. The molecule has 2 bridgehead atoms. The van der Waals surface area contributed by atoms with Gasteiger partial charge in [-0.25, -0.2) is 0 Å². The molecule has 3 aliphatic rings. The van der Waals surface area contributed by atoms with Crippen molar-refractivity contribution >= 4 is 0 Å². The first-order chi connectivity index (χ1) is 9.69. The average Bonchev–Trinajstić information content (AvgIpc) is 2.48. The van der Waals surface area contributed by atoms with E-state index in [2.05, 4.69) is 22.1 Å². The zero-order valence-electron chi connectivity index (χ0n) is 12.8. The third-order valence-corrected chi connectivity index (χ3v) is 4.94. The van der Waals surface area contributed by atoms with E-state index >= 15 is 0 Å². The summed E-state index contributed by atoms with van der Waals surface area (Å²) in [6.07, 6.45) is 4.61. The summed E-state index contributed by atoms with van der Waals surface area (Å²) in [5.74, 6) is 1.83. The highest BCUT2D eigenvalue weighted by atomic mass is 16.5. The second kappa shape index (κ2) is 5.70. The molecule has 0 spiro atoms. The van der Waals surface area contributed by atoms with E-state index in [1.54, 1.807) is 7.11 Å². The van der Waals surface area contributed by atoms with Crippen molar-refractivity contribution in [2.45, 2.75) is 39.3 Å². The number of nitrogens with one attached hydrogen (secondary N) is 1. The summed E-state index contributed by atoms with van der Waals surface area (Å²) >= 11 is 0. The van der Waals surface area contributed by atoms with Crippen molar-refractivity contribution < 1.29 is 4.74 Å². The zero-order chi connectivity index (χ0) is 14.1. The van der Waals surface area contributed by atoms with Gasteiger partial charge in [-0.2, -0.15) is 0 Å². The number of aromatic nitrogens is 1. The molecule has 3 fully saturated rings. The van der Waals surface area contributed by atoms with E-state index in [0.29, 0.717) is 6.04 Å². The lowest BCUT2D eigenvalue weighted by Gasteiger charge is -2.45. The standard InChI is InChI=1S/C16H25N3O/c1-11-8-17-14(12(2)16(11)20-3)9-18-15-10-19-6-4-13(15)5-7-19/h8,13,15,18H,4-7,9-10H2,1-3H3. The maximum Gasteiger partial charge on any atom is 0.128 e. The lowest BCUT2D eigenvalue weighted by molar-refractivity contribution is 0.0718. The van der Waals surface area contributed by atoms with Crippen LogP contribution in [0.5, 0.6) is 5.75 Å². The summed E-state index contributed by atoms with van der Waals surface area (Å²) in [7, 11) is 1.74. The van der Waals surface area contributed by atoms with Crippen molar-refractivity contribution in [3.8, 4) is 5.75 Å². The van der Waals surface area contributed by atoms with E-state index in [0.717, 1.165) is 29.5 Å². The van der Waals surface area contributed by atoms with Crippen molar-refractivity contribution in [1.29, 1.82) is 0 Å². The fraction of sp³-hybridized carbons (Fsp3) is 0.688. The van der Waals surface area contributed by atoms with Crippen LogP contribution >= 0.6 is 0 Å². The van der Waals surface area contributed by atoms with Crippen molar-refractivity contribution in [2.24, 2.45) is 5.92 Å². The van der Waals surface area contributed by atoms with Crippen molar-refractivity contribution in [1.82, 2.24) is 15.2 Å². The Balaban J connectivity index is 1.67. The fourth-order valence-corrected chi connectivity index (χ4v) is 3.67. The molecule has 0 aliphatic carbocycles. The quantitative estimate of drug-likeness (QED) is 0.910. The van der Waals surface area contributed by atoms with Crippen LogP contribution in [0.15, 0.2) is 6.20 Å². The van der Waals surface area contributed by atoms with E-state index < -0.39 is 0 Å². The first kappa shape index (κ1) is 13.8. The topological polar surface area (TPSA) is 37.4 Å². The Labute approximate surface area is 121 Å². The molecule has 1 unspecified atom stereocenters. The van der Waals surface area contributed by atoms with Gasteiger partial charge in [0, 0.05) is 36.5 Å². The Morgan fingerprint density at radius 2 is 2.10 bits per heavy atom. The van der Waals surface area contributed by atoms with E-state index in [1.807, 2.05) is 13.1 Å². The highest BCUT2D eigenvalue weighted by Crippen LogP contribution is 2.28. The second-order valence-corrected chi connectivity index (χ2v) is 6.17. The van der Waals surface area contributed by atoms with Gasteiger partial charge in [-0.1, -0.05) is 0 Å². The predicted octanol–water partition coefficient (Wildman–Crippen LogP) is 1.89. The van der Waals surface area contributed by atoms with Crippen LogP contribution in [-0.2, 0) is 6.54 Å². The average molecular weight is 275 g/mol. The van der Waals surface area contributed by atoms with Crippen LogP contribution in [0.1, 0.15) is 29.7 Å². The smallest absolute Gasteiger partial charge is 0.128 e. The number of pyridine rings is 1. The minimum absolute atomic E-state index is 0.631. The number of nitrogens with zero attached hydrogens (tertiary/aromatic N) is 2. The molecule has 1 aromatic heterocycles. The number of aryl methyl sites for hydroxylation is 1. The van der Waals surface area contributed by atoms with Crippen LogP contribution in [0.4, 0.5) is 0 Å². The maximum absolute atomic E-state index is 5.48. The number of hydrogen-bond acceptors (Lipinski definition) is 4. The monoisotopic (exact) mass is 275 g/mol. The van der Waals surface area contributed by atoms with Crippen LogP contribution < -0.4 is 10.1 Å². The number of rotatable bonds is 4. The molecule has 0 radical (unpaired) electrons. The molecule has 4 rings (SSSR count). The van der Waals surface area contributed by atoms with Gasteiger partial charge in [0.15, 0.2) is 0 Å². The third-order valence-electron chi connectivity index (χ3n) is 4.94. The van der Waals surface area contributed by atoms with Crippen LogP contribution in [0, 0.1) is 19.8 Å². The molecule has 3 saturated heterocycles. The Morgan fingerprint density at radius 1 is 1.35 bits per heavy atom. The summed E-state index contributed by atoms with van der Waals surface area (Å²) in [6.45, 7) is 8.77. The van der Waals surface area contributed by atoms with Crippen molar-refractivity contribution in [3.05, 3.63) is 23.0 Å². The lowest BCUT2D eigenvalue weighted by atomic mass is 9.84. The van der Waals surface area contributed by atoms with Gasteiger partial charge in [0.25, 0.3) is 0 Å². The van der Waals surface area contributed by atoms with Crippen LogP contribution in [-0.4, -0.2) is 42.7 Å². The maximum atomic E-state index is 5.48. The van der Waals surface area contributed by atoms with Gasteiger partial charge < -0.3 is 15.0 Å². The number of methoxy groups -OCH3 is 1. The summed E-state index contributed by atoms with van der Waals surface area (Å²) in [5, 5.41) is 3.72. The molecule has 1 N–H and O–H groups in total. The first-order valence-electron chi connectivity index (χ1n) is 7.64. The molecule has 4 heterocycles. The number of fused-ring (bicyclic) bond motifs is 3. The van der Waals surface area contributed by atoms with Gasteiger partial charge in [0.2, 0.25) is 0 Å². The SMILES string of the molecule is COc1c(C)cnc(CNC2CN3CCC2CC3)c1C. The minimum atomic E-state index is 0.631. The molecule has 110 valence electrons. The number of piperidine rings is 3. The summed E-state index contributed by atoms with van der Waals surface area (Å²) < 4.78 is 5.48. The molecule has 4 heteroatoms.